The highest BCUT2D eigenvalue weighted by Crippen LogP contribution is 2.27. The number of anilines is 1. The van der Waals surface area contributed by atoms with Gasteiger partial charge in [0.15, 0.2) is 0 Å². The second-order valence-corrected chi connectivity index (χ2v) is 8.95. The van der Waals surface area contributed by atoms with Crippen LogP contribution in [0.3, 0.4) is 0 Å². The number of likely N-dealkylation sites (N-methyl/N-ethyl adjacent to an activating group) is 1. The molecule has 2 aromatic heterocycles. The Labute approximate surface area is 209 Å². The van der Waals surface area contributed by atoms with Crippen LogP contribution in [0.5, 0.6) is 11.5 Å². The van der Waals surface area contributed by atoms with Gasteiger partial charge < -0.3 is 24.6 Å². The standard InChI is InChI=1S/C24H30ClN7O3/c1-16(17-9-19(34-3)12-20(10-17)35-4)27-23(33)11-18-14-30(2)7-8-32(18)22-13-21(25)28-24(29-22)31-6-5-26-15-31/h5-6,9-10,12-13,15-16,18H,7-8,11,14H2,1-4H3,(H,27,33). The fourth-order valence-corrected chi connectivity index (χ4v) is 4.37. The SMILES string of the molecule is COc1cc(OC)cc(C(C)NC(=O)CC2CN(C)CCN2c2cc(Cl)nc(-n3ccnc3)n2)c1. The van der Waals surface area contributed by atoms with Crippen molar-refractivity contribution in [2.45, 2.75) is 25.4 Å². The normalized spacial score (nSPS) is 17.2. The summed E-state index contributed by atoms with van der Waals surface area (Å²) in [6.45, 7) is 4.23. The molecule has 11 heteroatoms. The zero-order valence-electron chi connectivity index (χ0n) is 20.3. The Morgan fingerprint density at radius 1 is 1.17 bits per heavy atom. The van der Waals surface area contributed by atoms with Gasteiger partial charge in [0, 0.05) is 50.6 Å². The number of piperazine rings is 1. The average molecular weight is 500 g/mol. The van der Waals surface area contributed by atoms with Crippen LogP contribution >= 0.6 is 11.6 Å². The van der Waals surface area contributed by atoms with Crippen LogP contribution in [-0.2, 0) is 4.79 Å². The number of hydrogen-bond acceptors (Lipinski definition) is 8. The third-order valence-corrected chi connectivity index (χ3v) is 6.25. The number of methoxy groups -OCH3 is 2. The molecule has 3 aromatic rings. The van der Waals surface area contributed by atoms with Crippen molar-refractivity contribution in [3.05, 3.63) is 53.7 Å². The summed E-state index contributed by atoms with van der Waals surface area (Å²) in [6, 6.07) is 7.04. The van der Waals surface area contributed by atoms with Gasteiger partial charge in [-0.15, -0.1) is 0 Å². The monoisotopic (exact) mass is 499 g/mol. The zero-order valence-corrected chi connectivity index (χ0v) is 21.1. The number of amides is 1. The molecule has 2 atom stereocenters. The number of benzene rings is 1. The molecule has 0 saturated carbocycles. The Kier molecular flexibility index (Phi) is 7.72. The van der Waals surface area contributed by atoms with Crippen LogP contribution in [-0.4, -0.2) is 77.3 Å². The number of halogens is 1. The van der Waals surface area contributed by atoms with Crippen LogP contribution in [0.25, 0.3) is 5.95 Å². The molecule has 1 amide bonds. The average Bonchev–Trinajstić information content (AvgIpc) is 3.38. The van der Waals surface area contributed by atoms with E-state index in [4.69, 9.17) is 26.1 Å². The Hall–Kier alpha value is -3.37. The fraction of sp³-hybridized carbons (Fsp3) is 0.417. The van der Waals surface area contributed by atoms with Crippen molar-refractivity contribution in [1.29, 1.82) is 0 Å². The summed E-state index contributed by atoms with van der Waals surface area (Å²) < 4.78 is 12.4. The molecule has 1 aliphatic heterocycles. The van der Waals surface area contributed by atoms with E-state index < -0.39 is 0 Å². The maximum Gasteiger partial charge on any atom is 0.238 e. The first-order valence-electron chi connectivity index (χ1n) is 11.4. The maximum absolute atomic E-state index is 13.1. The summed E-state index contributed by atoms with van der Waals surface area (Å²) in [5, 5.41) is 3.45. The van der Waals surface area contributed by atoms with Crippen molar-refractivity contribution in [2.75, 3.05) is 45.8 Å². The summed E-state index contributed by atoms with van der Waals surface area (Å²) in [5.74, 6) is 2.42. The van der Waals surface area contributed by atoms with Crippen molar-refractivity contribution < 1.29 is 14.3 Å². The molecule has 4 rings (SSSR count). The minimum atomic E-state index is -0.220. The molecule has 0 radical (unpaired) electrons. The highest BCUT2D eigenvalue weighted by Gasteiger charge is 2.29. The van der Waals surface area contributed by atoms with Gasteiger partial charge in [-0.2, -0.15) is 4.98 Å². The first kappa shape index (κ1) is 24.7. The van der Waals surface area contributed by atoms with E-state index in [1.54, 1.807) is 49.6 Å². The number of nitrogens with zero attached hydrogens (tertiary/aromatic N) is 6. The van der Waals surface area contributed by atoms with E-state index in [0.717, 1.165) is 18.7 Å². The van der Waals surface area contributed by atoms with Gasteiger partial charge in [-0.05, 0) is 31.7 Å². The molecular weight excluding hydrogens is 470 g/mol. The highest BCUT2D eigenvalue weighted by atomic mass is 35.5. The first-order chi connectivity index (χ1) is 16.9. The number of imidazole rings is 1. The lowest BCUT2D eigenvalue weighted by Crippen LogP contribution is -2.54. The lowest BCUT2D eigenvalue weighted by Gasteiger charge is -2.40. The molecule has 35 heavy (non-hydrogen) atoms. The van der Waals surface area contributed by atoms with Gasteiger partial charge in [0.2, 0.25) is 11.9 Å². The van der Waals surface area contributed by atoms with Crippen molar-refractivity contribution in [3.8, 4) is 17.4 Å². The summed E-state index contributed by atoms with van der Waals surface area (Å²) in [7, 11) is 5.26. The third-order valence-electron chi connectivity index (χ3n) is 6.06. The number of rotatable bonds is 8. The third kappa shape index (κ3) is 6.01. The smallest absolute Gasteiger partial charge is 0.238 e. The van der Waals surface area contributed by atoms with Gasteiger partial charge >= 0.3 is 0 Å². The molecule has 186 valence electrons. The Morgan fingerprint density at radius 3 is 2.57 bits per heavy atom. The van der Waals surface area contributed by atoms with Crippen LogP contribution in [0.2, 0.25) is 5.15 Å². The van der Waals surface area contributed by atoms with Gasteiger partial charge in [0.05, 0.1) is 26.3 Å². The van der Waals surface area contributed by atoms with Crippen molar-refractivity contribution in [1.82, 2.24) is 29.7 Å². The molecule has 1 aliphatic rings. The predicted molar refractivity (Wildman–Crippen MR) is 134 cm³/mol. The number of ether oxygens (including phenoxy) is 2. The van der Waals surface area contributed by atoms with E-state index in [-0.39, 0.29) is 18.0 Å². The molecule has 1 aromatic carbocycles. The minimum Gasteiger partial charge on any atom is -0.497 e. The lowest BCUT2D eigenvalue weighted by molar-refractivity contribution is -0.122. The van der Waals surface area contributed by atoms with Gasteiger partial charge in [-0.25, -0.2) is 9.97 Å². The second-order valence-electron chi connectivity index (χ2n) is 8.57. The van der Waals surface area contributed by atoms with Crippen LogP contribution < -0.4 is 19.7 Å². The van der Waals surface area contributed by atoms with E-state index in [1.165, 1.54) is 0 Å². The van der Waals surface area contributed by atoms with Crippen molar-refractivity contribution in [3.63, 3.8) is 0 Å². The Morgan fingerprint density at radius 2 is 1.91 bits per heavy atom. The van der Waals surface area contributed by atoms with Gasteiger partial charge in [0.25, 0.3) is 0 Å². The quantitative estimate of drug-likeness (QED) is 0.472. The van der Waals surface area contributed by atoms with Gasteiger partial charge in [-0.1, -0.05) is 11.6 Å². The van der Waals surface area contributed by atoms with Gasteiger partial charge in [-0.3, -0.25) is 9.36 Å². The topological polar surface area (TPSA) is 97.6 Å². The predicted octanol–water partition coefficient (Wildman–Crippen LogP) is 2.72. The van der Waals surface area contributed by atoms with Crippen molar-refractivity contribution >= 4 is 23.3 Å². The van der Waals surface area contributed by atoms with E-state index in [1.807, 2.05) is 19.1 Å². The first-order valence-corrected chi connectivity index (χ1v) is 11.7. The number of carbonyl (C=O) groups excluding carboxylic acids is 1. The van der Waals surface area contributed by atoms with Crippen LogP contribution in [0.15, 0.2) is 43.0 Å². The van der Waals surface area contributed by atoms with E-state index in [0.29, 0.717) is 41.4 Å². The molecule has 0 aliphatic carbocycles. The largest absolute Gasteiger partial charge is 0.497 e. The molecular formula is C24H30ClN7O3. The zero-order chi connectivity index (χ0) is 24.9. The molecule has 2 unspecified atom stereocenters. The molecule has 10 nitrogen and oxygen atoms in total. The summed E-state index contributed by atoms with van der Waals surface area (Å²) in [5.41, 5.74) is 0.903. The molecule has 3 heterocycles. The van der Waals surface area contributed by atoms with E-state index in [2.05, 4.69) is 32.1 Å². The molecule has 1 N–H and O–H groups in total. The summed E-state index contributed by atoms with van der Waals surface area (Å²) in [4.78, 5) is 30.5. The van der Waals surface area contributed by atoms with Crippen LogP contribution in [0.4, 0.5) is 5.82 Å². The minimum absolute atomic E-state index is 0.0560. The molecule has 1 fully saturated rings. The summed E-state index contributed by atoms with van der Waals surface area (Å²) >= 11 is 6.33. The molecule has 1 saturated heterocycles. The summed E-state index contributed by atoms with van der Waals surface area (Å²) in [6.07, 6.45) is 5.35. The van der Waals surface area contributed by atoms with E-state index >= 15 is 0 Å². The van der Waals surface area contributed by atoms with Crippen LogP contribution in [0, 0.1) is 0 Å². The van der Waals surface area contributed by atoms with Crippen LogP contribution in [0.1, 0.15) is 24.9 Å². The molecule has 0 bridgehead atoms. The highest BCUT2D eigenvalue weighted by molar-refractivity contribution is 6.29. The molecule has 0 spiro atoms. The Bertz CT molecular complexity index is 1140. The van der Waals surface area contributed by atoms with Gasteiger partial charge in [0.1, 0.15) is 28.8 Å². The van der Waals surface area contributed by atoms with E-state index in [9.17, 15) is 4.79 Å². The van der Waals surface area contributed by atoms with Crippen molar-refractivity contribution in [2.24, 2.45) is 0 Å². The second kappa shape index (κ2) is 10.9. The lowest BCUT2D eigenvalue weighted by atomic mass is 10.1. The maximum atomic E-state index is 13.1. The fourth-order valence-electron chi connectivity index (χ4n) is 4.20. The number of hydrogen-bond donors (Lipinski definition) is 1. The number of carbonyl (C=O) groups is 1. The number of aromatic nitrogens is 4. The Balaban J connectivity index is 1.51. The number of nitrogens with one attached hydrogen (secondary N) is 1.